The topological polar surface area (TPSA) is 73.1 Å². The molecule has 0 bridgehead atoms. The quantitative estimate of drug-likeness (QED) is 0.867. The molecule has 3 rings (SSSR count). The first kappa shape index (κ1) is 14.3. The molecular formula is C15H18N2O3S. The van der Waals surface area contributed by atoms with Crippen LogP contribution in [0.25, 0.3) is 11.5 Å². The van der Waals surface area contributed by atoms with Crippen LogP contribution in [-0.4, -0.2) is 30.1 Å². The van der Waals surface area contributed by atoms with Crippen molar-refractivity contribution in [3.63, 3.8) is 0 Å². The second kappa shape index (κ2) is 5.60. The zero-order valence-corrected chi connectivity index (χ0v) is 12.8. The molecule has 0 aliphatic carbocycles. The first-order chi connectivity index (χ1) is 10.0. The van der Waals surface area contributed by atoms with Crippen molar-refractivity contribution in [2.24, 2.45) is 5.92 Å². The summed E-state index contributed by atoms with van der Waals surface area (Å²) in [7, 11) is -2.80. The van der Waals surface area contributed by atoms with Crippen LogP contribution in [0.2, 0.25) is 0 Å². The lowest BCUT2D eigenvalue weighted by atomic mass is 9.96. The van der Waals surface area contributed by atoms with Crippen molar-refractivity contribution < 1.29 is 12.8 Å². The number of hydrogen-bond acceptors (Lipinski definition) is 5. The summed E-state index contributed by atoms with van der Waals surface area (Å²) in [6, 6.07) is 7.93. The summed E-state index contributed by atoms with van der Waals surface area (Å²) in [6.07, 6.45) is 2.49. The van der Waals surface area contributed by atoms with E-state index < -0.39 is 9.84 Å². The highest BCUT2D eigenvalue weighted by Gasteiger charge is 2.27. The van der Waals surface area contributed by atoms with Crippen molar-refractivity contribution >= 4 is 9.84 Å². The van der Waals surface area contributed by atoms with E-state index in [0.717, 1.165) is 30.4 Å². The first-order valence-corrected chi connectivity index (χ1v) is 8.94. The molecule has 0 amide bonds. The molecule has 5 nitrogen and oxygen atoms in total. The number of aromatic nitrogens is 2. The summed E-state index contributed by atoms with van der Waals surface area (Å²) in [4.78, 5) is 0. The molecule has 0 radical (unpaired) electrons. The molecule has 6 heteroatoms. The van der Waals surface area contributed by atoms with Crippen LogP contribution in [0.3, 0.4) is 0 Å². The fourth-order valence-electron chi connectivity index (χ4n) is 2.81. The van der Waals surface area contributed by atoms with Gasteiger partial charge in [-0.15, -0.1) is 10.2 Å². The standard InChI is InChI=1S/C15H18N2O3S/c1-11-16-17-15(20-11)14-5-3-2-4-13(14)7-6-12-8-9-21(18,19)10-12/h2-5,12H,6-10H2,1H3. The first-order valence-electron chi connectivity index (χ1n) is 7.12. The predicted molar refractivity (Wildman–Crippen MR) is 79.6 cm³/mol. The Morgan fingerprint density at radius 2 is 2.10 bits per heavy atom. The third kappa shape index (κ3) is 3.32. The van der Waals surface area contributed by atoms with Gasteiger partial charge < -0.3 is 4.42 Å². The molecule has 1 aromatic heterocycles. The Morgan fingerprint density at radius 1 is 1.29 bits per heavy atom. The fourth-order valence-corrected chi connectivity index (χ4v) is 4.72. The van der Waals surface area contributed by atoms with Gasteiger partial charge in [0.15, 0.2) is 9.84 Å². The number of hydrogen-bond donors (Lipinski definition) is 0. The van der Waals surface area contributed by atoms with E-state index in [9.17, 15) is 8.42 Å². The third-order valence-corrected chi connectivity index (χ3v) is 5.76. The van der Waals surface area contributed by atoms with E-state index in [-0.39, 0.29) is 5.92 Å². The Bertz CT molecular complexity index is 737. The van der Waals surface area contributed by atoms with E-state index >= 15 is 0 Å². The van der Waals surface area contributed by atoms with Crippen LogP contribution in [0.15, 0.2) is 28.7 Å². The lowest BCUT2D eigenvalue weighted by molar-refractivity contribution is 0.528. The number of aryl methyl sites for hydroxylation is 2. The van der Waals surface area contributed by atoms with Gasteiger partial charge in [-0.2, -0.15) is 0 Å². The number of sulfone groups is 1. The highest BCUT2D eigenvalue weighted by Crippen LogP contribution is 2.27. The predicted octanol–water partition coefficient (Wildman–Crippen LogP) is 2.41. The molecule has 0 spiro atoms. The summed E-state index contributed by atoms with van der Waals surface area (Å²) >= 11 is 0. The fraction of sp³-hybridized carbons (Fsp3) is 0.467. The van der Waals surface area contributed by atoms with Crippen LogP contribution in [-0.2, 0) is 16.3 Å². The summed E-state index contributed by atoms with van der Waals surface area (Å²) in [5, 5.41) is 7.93. The maximum atomic E-state index is 11.5. The van der Waals surface area contributed by atoms with Gasteiger partial charge in [0.2, 0.25) is 11.8 Å². The average Bonchev–Trinajstić information content (AvgIpc) is 3.02. The zero-order valence-electron chi connectivity index (χ0n) is 11.9. The van der Waals surface area contributed by atoms with Gasteiger partial charge in [-0.3, -0.25) is 0 Å². The summed E-state index contributed by atoms with van der Waals surface area (Å²) < 4.78 is 28.5. The van der Waals surface area contributed by atoms with Crippen LogP contribution in [0.1, 0.15) is 24.3 Å². The Hall–Kier alpha value is -1.69. The minimum absolute atomic E-state index is 0.271. The van der Waals surface area contributed by atoms with E-state index in [1.807, 2.05) is 24.3 Å². The van der Waals surface area contributed by atoms with Gasteiger partial charge in [0.25, 0.3) is 0 Å². The van der Waals surface area contributed by atoms with Gasteiger partial charge in [-0.25, -0.2) is 8.42 Å². The molecule has 21 heavy (non-hydrogen) atoms. The van der Waals surface area contributed by atoms with Gasteiger partial charge >= 0.3 is 0 Å². The molecule has 1 atom stereocenters. The van der Waals surface area contributed by atoms with Gasteiger partial charge in [-0.05, 0) is 36.8 Å². The highest BCUT2D eigenvalue weighted by atomic mass is 32.2. The minimum Gasteiger partial charge on any atom is -0.421 e. The van der Waals surface area contributed by atoms with Crippen LogP contribution >= 0.6 is 0 Å². The van der Waals surface area contributed by atoms with Crippen molar-refractivity contribution in [3.05, 3.63) is 35.7 Å². The Labute approximate surface area is 124 Å². The molecular weight excluding hydrogens is 288 g/mol. The average molecular weight is 306 g/mol. The molecule has 1 aromatic carbocycles. The smallest absolute Gasteiger partial charge is 0.247 e. The van der Waals surface area contributed by atoms with Crippen molar-refractivity contribution in [2.75, 3.05) is 11.5 Å². The van der Waals surface area contributed by atoms with Crippen LogP contribution in [0.4, 0.5) is 0 Å². The Morgan fingerprint density at radius 3 is 2.76 bits per heavy atom. The third-order valence-electron chi connectivity index (χ3n) is 3.92. The Kier molecular flexibility index (Phi) is 3.80. The largest absolute Gasteiger partial charge is 0.421 e. The molecule has 1 fully saturated rings. The normalized spacial score (nSPS) is 20.7. The van der Waals surface area contributed by atoms with E-state index in [1.54, 1.807) is 6.92 Å². The lowest BCUT2D eigenvalue weighted by Crippen LogP contribution is -2.06. The monoisotopic (exact) mass is 306 g/mol. The SMILES string of the molecule is Cc1nnc(-c2ccccc2CCC2CCS(=O)(=O)C2)o1. The molecule has 1 aliphatic rings. The van der Waals surface area contributed by atoms with Gasteiger partial charge in [0, 0.05) is 12.5 Å². The number of benzene rings is 1. The molecule has 2 aromatic rings. The van der Waals surface area contributed by atoms with E-state index in [4.69, 9.17) is 4.42 Å². The van der Waals surface area contributed by atoms with Crippen molar-refractivity contribution in [1.82, 2.24) is 10.2 Å². The number of rotatable bonds is 4. The lowest BCUT2D eigenvalue weighted by Gasteiger charge is -2.09. The number of nitrogens with zero attached hydrogens (tertiary/aromatic N) is 2. The van der Waals surface area contributed by atoms with E-state index in [0.29, 0.717) is 23.3 Å². The molecule has 0 N–H and O–H groups in total. The Balaban J connectivity index is 1.74. The van der Waals surface area contributed by atoms with Gasteiger partial charge in [0.1, 0.15) is 0 Å². The van der Waals surface area contributed by atoms with Crippen molar-refractivity contribution in [1.29, 1.82) is 0 Å². The molecule has 2 heterocycles. The van der Waals surface area contributed by atoms with E-state index in [2.05, 4.69) is 10.2 Å². The molecule has 1 saturated heterocycles. The van der Waals surface area contributed by atoms with Crippen molar-refractivity contribution in [3.8, 4) is 11.5 Å². The van der Waals surface area contributed by atoms with Gasteiger partial charge in [-0.1, -0.05) is 18.2 Å². The maximum Gasteiger partial charge on any atom is 0.247 e. The molecule has 112 valence electrons. The maximum absolute atomic E-state index is 11.5. The van der Waals surface area contributed by atoms with Gasteiger partial charge in [0.05, 0.1) is 11.5 Å². The van der Waals surface area contributed by atoms with Crippen LogP contribution in [0, 0.1) is 12.8 Å². The molecule has 0 saturated carbocycles. The second-order valence-corrected chi connectivity index (χ2v) is 7.82. The summed E-state index contributed by atoms with van der Waals surface area (Å²) in [5.41, 5.74) is 2.07. The molecule has 1 unspecified atom stereocenters. The van der Waals surface area contributed by atoms with Crippen LogP contribution < -0.4 is 0 Å². The zero-order chi connectivity index (χ0) is 14.9. The summed E-state index contributed by atoms with van der Waals surface area (Å²) in [6.45, 7) is 1.77. The van der Waals surface area contributed by atoms with Crippen LogP contribution in [0.5, 0.6) is 0 Å². The molecule has 1 aliphatic heterocycles. The highest BCUT2D eigenvalue weighted by molar-refractivity contribution is 7.91. The van der Waals surface area contributed by atoms with Crippen molar-refractivity contribution in [2.45, 2.75) is 26.2 Å². The summed E-state index contributed by atoms with van der Waals surface area (Å²) in [5.74, 6) is 2.01. The minimum atomic E-state index is -2.80. The van der Waals surface area contributed by atoms with E-state index in [1.165, 1.54) is 0 Å². The second-order valence-electron chi connectivity index (χ2n) is 5.59.